The fourth-order valence-corrected chi connectivity index (χ4v) is 5.01. The molecule has 2 unspecified atom stereocenters. The lowest BCUT2D eigenvalue weighted by Gasteiger charge is -2.39. The normalized spacial score (nSPS) is 36.1. The molecule has 0 amide bonds. The molecule has 21 heavy (non-hydrogen) atoms. The second kappa shape index (κ2) is 6.50. The summed E-state index contributed by atoms with van der Waals surface area (Å²) in [4.78, 5) is 24.9. The van der Waals surface area contributed by atoms with Gasteiger partial charge in [0.25, 0.3) is 0 Å². The van der Waals surface area contributed by atoms with Crippen molar-refractivity contribution in [3.05, 3.63) is 0 Å². The first kappa shape index (κ1) is 15.1. The molecule has 2 aliphatic carbocycles. The van der Waals surface area contributed by atoms with E-state index in [4.69, 9.17) is 4.74 Å². The Balaban J connectivity index is 1.90. The van der Waals surface area contributed by atoms with E-state index < -0.39 is 5.41 Å². The molecule has 3 aliphatic rings. The fraction of sp³-hybridized carbons (Fsp3) is 0.889. The van der Waals surface area contributed by atoms with Crippen LogP contribution in [0.5, 0.6) is 0 Å². The highest BCUT2D eigenvalue weighted by Gasteiger charge is 2.60. The maximum absolute atomic E-state index is 12.7. The van der Waals surface area contributed by atoms with E-state index in [0.29, 0.717) is 5.92 Å². The lowest BCUT2D eigenvalue weighted by Crippen LogP contribution is -2.42. The standard InChI is InChI=1S/C18H28O3/c19-16-15-12-8-4-5-9-13-18(15,17(20)21-16)14-10-6-2-1-3-7-11-14/h14-15H,1-13H2. The Bertz CT molecular complexity index is 395. The van der Waals surface area contributed by atoms with Gasteiger partial charge in [-0.3, -0.25) is 9.59 Å². The highest BCUT2D eigenvalue weighted by atomic mass is 16.6. The van der Waals surface area contributed by atoms with Crippen LogP contribution in [0.25, 0.3) is 0 Å². The van der Waals surface area contributed by atoms with Gasteiger partial charge in [0, 0.05) is 0 Å². The Labute approximate surface area is 127 Å². The summed E-state index contributed by atoms with van der Waals surface area (Å²) in [7, 11) is 0. The Morgan fingerprint density at radius 3 is 2.05 bits per heavy atom. The van der Waals surface area contributed by atoms with Gasteiger partial charge in [0.2, 0.25) is 0 Å². The van der Waals surface area contributed by atoms with E-state index in [0.717, 1.165) is 38.5 Å². The molecule has 0 spiro atoms. The SMILES string of the molecule is O=C1OC(=O)C2(C3CCCCCCC3)CCCCCCC12. The summed E-state index contributed by atoms with van der Waals surface area (Å²) in [5.74, 6) is -0.163. The van der Waals surface area contributed by atoms with Crippen LogP contribution in [0.15, 0.2) is 0 Å². The molecule has 0 radical (unpaired) electrons. The highest BCUT2D eigenvalue weighted by molar-refractivity contribution is 5.99. The lowest BCUT2D eigenvalue weighted by molar-refractivity contribution is -0.157. The average Bonchev–Trinajstić information content (AvgIpc) is 2.60. The third-order valence-corrected chi connectivity index (χ3v) is 6.15. The molecule has 0 aromatic rings. The van der Waals surface area contributed by atoms with Crippen LogP contribution in [0, 0.1) is 17.3 Å². The van der Waals surface area contributed by atoms with E-state index in [-0.39, 0.29) is 17.9 Å². The van der Waals surface area contributed by atoms with Crippen molar-refractivity contribution in [2.45, 2.75) is 83.5 Å². The first-order chi connectivity index (χ1) is 10.2. The van der Waals surface area contributed by atoms with Crippen molar-refractivity contribution in [2.24, 2.45) is 17.3 Å². The minimum atomic E-state index is -0.463. The smallest absolute Gasteiger partial charge is 0.320 e. The molecule has 0 aromatic heterocycles. The van der Waals surface area contributed by atoms with Crippen LogP contribution in [0.2, 0.25) is 0 Å². The van der Waals surface area contributed by atoms with E-state index in [2.05, 4.69) is 0 Å². The monoisotopic (exact) mass is 292 g/mol. The Kier molecular flexibility index (Phi) is 4.66. The molecule has 1 saturated heterocycles. The molecule has 0 aromatic carbocycles. The first-order valence-electron chi connectivity index (χ1n) is 9.01. The molecule has 3 fully saturated rings. The Hall–Kier alpha value is -0.860. The molecule has 3 rings (SSSR count). The predicted molar refractivity (Wildman–Crippen MR) is 80.5 cm³/mol. The van der Waals surface area contributed by atoms with Gasteiger partial charge in [0.15, 0.2) is 0 Å². The van der Waals surface area contributed by atoms with Crippen LogP contribution in [-0.4, -0.2) is 11.9 Å². The average molecular weight is 292 g/mol. The summed E-state index contributed by atoms with van der Waals surface area (Å²) in [5.41, 5.74) is -0.463. The number of fused-ring (bicyclic) bond motifs is 1. The Morgan fingerprint density at radius 2 is 1.33 bits per heavy atom. The van der Waals surface area contributed by atoms with Gasteiger partial charge in [0.05, 0.1) is 11.3 Å². The van der Waals surface area contributed by atoms with E-state index in [1.807, 2.05) is 0 Å². The zero-order valence-electron chi connectivity index (χ0n) is 13.1. The van der Waals surface area contributed by atoms with Gasteiger partial charge in [0.1, 0.15) is 0 Å². The summed E-state index contributed by atoms with van der Waals surface area (Å²) in [6.45, 7) is 0. The first-order valence-corrected chi connectivity index (χ1v) is 9.01. The van der Waals surface area contributed by atoms with E-state index in [1.54, 1.807) is 0 Å². The van der Waals surface area contributed by atoms with E-state index >= 15 is 0 Å². The Morgan fingerprint density at radius 1 is 0.762 bits per heavy atom. The van der Waals surface area contributed by atoms with Crippen LogP contribution >= 0.6 is 0 Å². The zero-order valence-corrected chi connectivity index (χ0v) is 13.1. The maximum atomic E-state index is 12.7. The summed E-state index contributed by atoms with van der Waals surface area (Å²) < 4.78 is 5.17. The van der Waals surface area contributed by atoms with Crippen LogP contribution in [-0.2, 0) is 14.3 Å². The quantitative estimate of drug-likeness (QED) is 0.532. The van der Waals surface area contributed by atoms with E-state index in [1.165, 1.54) is 44.9 Å². The van der Waals surface area contributed by atoms with Crippen molar-refractivity contribution in [1.29, 1.82) is 0 Å². The number of carbonyl (C=O) groups excluding carboxylic acids is 2. The van der Waals surface area contributed by atoms with Gasteiger partial charge in [-0.05, 0) is 31.6 Å². The van der Waals surface area contributed by atoms with Gasteiger partial charge in [-0.15, -0.1) is 0 Å². The minimum absolute atomic E-state index is 0.144. The molecular formula is C18H28O3. The molecule has 0 N–H and O–H groups in total. The molecule has 1 heterocycles. The fourth-order valence-electron chi connectivity index (χ4n) is 5.01. The van der Waals surface area contributed by atoms with Crippen LogP contribution in [0.1, 0.15) is 83.5 Å². The van der Waals surface area contributed by atoms with Crippen LogP contribution in [0.3, 0.4) is 0 Å². The third kappa shape index (κ3) is 2.76. The minimum Gasteiger partial charge on any atom is -0.392 e. The largest absolute Gasteiger partial charge is 0.392 e. The maximum Gasteiger partial charge on any atom is 0.320 e. The molecule has 118 valence electrons. The number of hydrogen-bond acceptors (Lipinski definition) is 3. The van der Waals surface area contributed by atoms with Crippen LogP contribution < -0.4 is 0 Å². The highest BCUT2D eigenvalue weighted by Crippen LogP contribution is 2.53. The number of carbonyl (C=O) groups is 2. The number of hydrogen-bond donors (Lipinski definition) is 0. The second-order valence-electron chi connectivity index (χ2n) is 7.30. The summed E-state index contributed by atoms with van der Waals surface area (Å²) >= 11 is 0. The molecule has 2 atom stereocenters. The van der Waals surface area contributed by atoms with Gasteiger partial charge >= 0.3 is 11.9 Å². The van der Waals surface area contributed by atoms with Crippen LogP contribution in [0.4, 0.5) is 0 Å². The number of rotatable bonds is 1. The van der Waals surface area contributed by atoms with Crippen molar-refractivity contribution in [1.82, 2.24) is 0 Å². The van der Waals surface area contributed by atoms with Crippen molar-refractivity contribution >= 4 is 11.9 Å². The molecule has 0 bridgehead atoms. The number of ether oxygens (including phenoxy) is 1. The third-order valence-electron chi connectivity index (χ3n) is 6.15. The van der Waals surface area contributed by atoms with Crippen molar-refractivity contribution in [3.8, 4) is 0 Å². The van der Waals surface area contributed by atoms with Crippen molar-refractivity contribution in [2.75, 3.05) is 0 Å². The zero-order chi connectivity index (χ0) is 14.7. The summed E-state index contributed by atoms with van der Waals surface area (Å²) in [6.07, 6.45) is 14.8. The van der Waals surface area contributed by atoms with Crippen molar-refractivity contribution < 1.29 is 14.3 Å². The second-order valence-corrected chi connectivity index (χ2v) is 7.30. The summed E-state index contributed by atoms with van der Waals surface area (Å²) in [5, 5.41) is 0. The lowest BCUT2D eigenvalue weighted by atomic mass is 9.60. The van der Waals surface area contributed by atoms with Gasteiger partial charge in [-0.2, -0.15) is 0 Å². The predicted octanol–water partition coefficient (Wildman–Crippen LogP) is 4.39. The van der Waals surface area contributed by atoms with Gasteiger partial charge in [-0.1, -0.05) is 57.8 Å². The number of cyclic esters (lactones) is 2. The molecule has 3 nitrogen and oxygen atoms in total. The topological polar surface area (TPSA) is 43.4 Å². The molecule has 1 aliphatic heterocycles. The van der Waals surface area contributed by atoms with Gasteiger partial charge in [-0.25, -0.2) is 0 Å². The molecule has 3 heteroatoms. The van der Waals surface area contributed by atoms with E-state index in [9.17, 15) is 9.59 Å². The molecule has 2 saturated carbocycles. The summed E-state index contributed by atoms with van der Waals surface area (Å²) in [6, 6.07) is 0. The number of esters is 2. The molecular weight excluding hydrogens is 264 g/mol. The van der Waals surface area contributed by atoms with Crippen molar-refractivity contribution in [3.63, 3.8) is 0 Å². The van der Waals surface area contributed by atoms with Gasteiger partial charge < -0.3 is 4.74 Å².